The van der Waals surface area contributed by atoms with Gasteiger partial charge in [0, 0.05) is 17.6 Å². The first-order valence-corrected chi connectivity index (χ1v) is 15.6. The van der Waals surface area contributed by atoms with Gasteiger partial charge in [-0.05, 0) is 73.7 Å². The molecule has 1 fully saturated rings. The number of carbonyl (C=O) groups is 2. The smallest absolute Gasteiger partial charge is 0.264 e. The van der Waals surface area contributed by atoms with Crippen molar-refractivity contribution in [3.63, 3.8) is 0 Å². The molecular weight excluding hydrogens is 565 g/mol. The fourth-order valence-corrected chi connectivity index (χ4v) is 6.66. The predicted molar refractivity (Wildman–Crippen MR) is 159 cm³/mol. The van der Waals surface area contributed by atoms with Gasteiger partial charge in [0.25, 0.3) is 10.0 Å². The van der Waals surface area contributed by atoms with Crippen LogP contribution in [-0.2, 0) is 26.2 Å². The largest absolute Gasteiger partial charge is 0.352 e. The van der Waals surface area contributed by atoms with Gasteiger partial charge in [0.15, 0.2) is 0 Å². The zero-order chi connectivity index (χ0) is 29.6. The van der Waals surface area contributed by atoms with Crippen LogP contribution in [0, 0.1) is 12.7 Å². The van der Waals surface area contributed by atoms with Crippen LogP contribution in [0.3, 0.4) is 0 Å². The van der Waals surface area contributed by atoms with E-state index < -0.39 is 34.3 Å². The number of sulfonamides is 1. The summed E-state index contributed by atoms with van der Waals surface area (Å²) in [5, 5.41) is 3.43. The van der Waals surface area contributed by atoms with Crippen molar-refractivity contribution >= 4 is 39.1 Å². The van der Waals surface area contributed by atoms with Gasteiger partial charge in [0.05, 0.1) is 10.6 Å². The Labute approximate surface area is 246 Å². The molecule has 0 radical (unpaired) electrons. The number of benzene rings is 3. The summed E-state index contributed by atoms with van der Waals surface area (Å²) in [5.74, 6) is -1.28. The number of hydrogen-bond donors (Lipinski definition) is 1. The summed E-state index contributed by atoms with van der Waals surface area (Å²) in [6.07, 6.45) is 4.14. The molecule has 0 saturated heterocycles. The van der Waals surface area contributed by atoms with Crippen molar-refractivity contribution in [3.05, 3.63) is 94.8 Å². The van der Waals surface area contributed by atoms with E-state index >= 15 is 0 Å². The zero-order valence-corrected chi connectivity index (χ0v) is 24.8. The molecule has 1 N–H and O–H groups in total. The molecule has 0 bridgehead atoms. The van der Waals surface area contributed by atoms with Crippen LogP contribution in [-0.4, -0.2) is 43.8 Å². The molecular formula is C31H35ClFN3O4S. The number of amides is 2. The van der Waals surface area contributed by atoms with Gasteiger partial charge in [0.2, 0.25) is 11.8 Å². The maximum atomic E-state index is 14.1. The highest BCUT2D eigenvalue weighted by molar-refractivity contribution is 7.92. The molecule has 218 valence electrons. The Morgan fingerprint density at radius 1 is 1.02 bits per heavy atom. The molecule has 41 heavy (non-hydrogen) atoms. The zero-order valence-electron chi connectivity index (χ0n) is 23.2. The molecule has 1 unspecified atom stereocenters. The van der Waals surface area contributed by atoms with Gasteiger partial charge in [0.1, 0.15) is 18.4 Å². The Morgan fingerprint density at radius 2 is 1.68 bits per heavy atom. The minimum atomic E-state index is -4.19. The van der Waals surface area contributed by atoms with E-state index in [1.165, 1.54) is 35.2 Å². The summed E-state index contributed by atoms with van der Waals surface area (Å²) in [7, 11) is -4.19. The third-order valence-corrected chi connectivity index (χ3v) is 9.60. The van der Waals surface area contributed by atoms with Crippen LogP contribution >= 0.6 is 11.6 Å². The number of nitrogens with one attached hydrogen (secondary N) is 1. The maximum absolute atomic E-state index is 14.1. The highest BCUT2D eigenvalue weighted by Gasteiger charge is 2.34. The molecule has 3 aromatic rings. The number of aryl methyl sites for hydroxylation is 1. The monoisotopic (exact) mass is 599 g/mol. The molecule has 0 spiro atoms. The van der Waals surface area contributed by atoms with Gasteiger partial charge in [-0.25, -0.2) is 12.8 Å². The lowest BCUT2D eigenvalue weighted by Crippen LogP contribution is -2.53. The van der Waals surface area contributed by atoms with Crippen LogP contribution in [0.25, 0.3) is 0 Å². The van der Waals surface area contributed by atoms with E-state index in [1.54, 1.807) is 49.4 Å². The average Bonchev–Trinajstić information content (AvgIpc) is 3.47. The van der Waals surface area contributed by atoms with E-state index in [4.69, 9.17) is 11.6 Å². The van der Waals surface area contributed by atoms with Crippen molar-refractivity contribution in [3.8, 4) is 0 Å². The van der Waals surface area contributed by atoms with Gasteiger partial charge < -0.3 is 10.2 Å². The average molecular weight is 600 g/mol. The van der Waals surface area contributed by atoms with Crippen LogP contribution in [0.1, 0.15) is 50.2 Å². The van der Waals surface area contributed by atoms with Crippen molar-refractivity contribution in [2.45, 2.75) is 69.5 Å². The summed E-state index contributed by atoms with van der Waals surface area (Å²) in [6.45, 7) is 3.04. The molecule has 0 heterocycles. The van der Waals surface area contributed by atoms with E-state index in [-0.39, 0.29) is 29.1 Å². The molecule has 1 aliphatic carbocycles. The molecule has 0 aliphatic heterocycles. The standard InChI is InChI=1S/C31H35ClFN3O4S/c1-3-29(31(38)34-25-9-7-8-10-25)35(20-23-14-16-24(33)17-15-23)30(37)21-36(26-18-13-22(2)28(32)19-26)41(39,40)27-11-5-4-6-12-27/h4-6,11-19,25,29H,3,7-10,20-21H2,1-2H3,(H,34,38). The van der Waals surface area contributed by atoms with E-state index in [2.05, 4.69) is 5.32 Å². The number of nitrogens with zero attached hydrogens (tertiary/aromatic N) is 2. The Bertz CT molecular complexity index is 1460. The van der Waals surface area contributed by atoms with Crippen molar-refractivity contribution < 1.29 is 22.4 Å². The normalized spacial score (nSPS) is 14.4. The SMILES string of the molecule is CCC(C(=O)NC1CCCC1)N(Cc1ccc(F)cc1)C(=O)CN(c1ccc(C)c(Cl)c1)S(=O)(=O)c1ccccc1. The van der Waals surface area contributed by atoms with Crippen molar-refractivity contribution in [1.29, 1.82) is 0 Å². The van der Waals surface area contributed by atoms with Gasteiger partial charge in [-0.1, -0.05) is 67.8 Å². The minimum Gasteiger partial charge on any atom is -0.352 e. The van der Waals surface area contributed by atoms with Crippen LogP contribution in [0.5, 0.6) is 0 Å². The molecule has 3 aromatic carbocycles. The fraction of sp³-hybridized carbons (Fsp3) is 0.355. The molecule has 1 saturated carbocycles. The molecule has 1 atom stereocenters. The van der Waals surface area contributed by atoms with Crippen LogP contribution in [0.15, 0.2) is 77.7 Å². The third kappa shape index (κ3) is 7.45. The molecule has 4 rings (SSSR count). The lowest BCUT2D eigenvalue weighted by atomic mass is 10.1. The summed E-state index contributed by atoms with van der Waals surface area (Å²) in [4.78, 5) is 29.0. The van der Waals surface area contributed by atoms with E-state index in [0.29, 0.717) is 17.0 Å². The predicted octanol–water partition coefficient (Wildman–Crippen LogP) is 5.85. The quantitative estimate of drug-likeness (QED) is 0.300. The molecule has 1 aliphatic rings. The second-order valence-electron chi connectivity index (χ2n) is 10.3. The first-order valence-electron chi connectivity index (χ1n) is 13.8. The van der Waals surface area contributed by atoms with Gasteiger partial charge in [-0.15, -0.1) is 0 Å². The van der Waals surface area contributed by atoms with Crippen LogP contribution in [0.4, 0.5) is 10.1 Å². The molecule has 7 nitrogen and oxygen atoms in total. The summed E-state index contributed by atoms with van der Waals surface area (Å²) in [5.41, 5.74) is 1.59. The lowest BCUT2D eigenvalue weighted by Gasteiger charge is -2.34. The highest BCUT2D eigenvalue weighted by atomic mass is 35.5. The van der Waals surface area contributed by atoms with Gasteiger partial charge in [-0.2, -0.15) is 0 Å². The maximum Gasteiger partial charge on any atom is 0.264 e. The van der Waals surface area contributed by atoms with E-state index in [1.807, 2.05) is 6.92 Å². The molecule has 10 heteroatoms. The van der Waals surface area contributed by atoms with E-state index in [0.717, 1.165) is 35.6 Å². The van der Waals surface area contributed by atoms with Gasteiger partial charge >= 0.3 is 0 Å². The number of carbonyl (C=O) groups excluding carboxylic acids is 2. The van der Waals surface area contributed by atoms with Crippen LogP contribution in [0.2, 0.25) is 5.02 Å². The van der Waals surface area contributed by atoms with Gasteiger partial charge in [-0.3, -0.25) is 13.9 Å². The van der Waals surface area contributed by atoms with Crippen molar-refractivity contribution in [2.24, 2.45) is 0 Å². The number of anilines is 1. The number of hydrogen-bond acceptors (Lipinski definition) is 4. The van der Waals surface area contributed by atoms with Crippen molar-refractivity contribution in [1.82, 2.24) is 10.2 Å². The third-order valence-electron chi connectivity index (χ3n) is 7.41. The Kier molecular flexibility index (Phi) is 10.0. The summed E-state index contributed by atoms with van der Waals surface area (Å²) in [6, 6.07) is 17.5. The first-order chi connectivity index (χ1) is 19.6. The molecule has 2 amide bonds. The fourth-order valence-electron chi connectivity index (χ4n) is 5.06. The van der Waals surface area contributed by atoms with Crippen molar-refractivity contribution in [2.75, 3.05) is 10.8 Å². The second-order valence-corrected chi connectivity index (χ2v) is 12.6. The minimum absolute atomic E-state index is 0.00356. The first kappa shape index (κ1) is 30.5. The number of rotatable bonds is 11. The van der Waals surface area contributed by atoms with Crippen LogP contribution < -0.4 is 9.62 Å². The number of halogens is 2. The lowest BCUT2D eigenvalue weighted by molar-refractivity contribution is -0.140. The Morgan fingerprint density at radius 3 is 2.29 bits per heavy atom. The topological polar surface area (TPSA) is 86.8 Å². The second kappa shape index (κ2) is 13.5. The summed E-state index contributed by atoms with van der Waals surface area (Å²) >= 11 is 6.37. The Balaban J connectivity index is 1.72. The van der Waals surface area contributed by atoms with E-state index in [9.17, 15) is 22.4 Å². The Hall–Kier alpha value is -3.43. The highest BCUT2D eigenvalue weighted by Crippen LogP contribution is 2.29. The molecule has 0 aromatic heterocycles. The summed E-state index contributed by atoms with van der Waals surface area (Å²) < 4.78 is 42.4.